The third-order valence-electron chi connectivity index (χ3n) is 3.93. The summed E-state index contributed by atoms with van der Waals surface area (Å²) in [5, 5.41) is 3.13. The van der Waals surface area contributed by atoms with Crippen molar-refractivity contribution in [2.24, 2.45) is 0 Å². The molecule has 8 heteroatoms. The Labute approximate surface area is 174 Å². The van der Waals surface area contributed by atoms with Crippen LogP contribution in [0.25, 0.3) is 0 Å². The van der Waals surface area contributed by atoms with Crippen LogP contribution in [0.2, 0.25) is 5.02 Å². The van der Waals surface area contributed by atoms with Crippen molar-refractivity contribution in [3.05, 3.63) is 83.9 Å². The number of sulfonamides is 1. The summed E-state index contributed by atoms with van der Waals surface area (Å²) in [6.45, 7) is 1.63. The Morgan fingerprint density at radius 2 is 1.62 bits per heavy atom. The van der Waals surface area contributed by atoms with E-state index in [0.29, 0.717) is 22.1 Å². The normalized spacial score (nSPS) is 12.1. The Balaban J connectivity index is 1.64. The third kappa shape index (κ3) is 5.73. The maximum absolute atomic E-state index is 12.5. The molecular weight excluding hydrogens is 412 g/mol. The van der Waals surface area contributed by atoms with Crippen molar-refractivity contribution in [3.8, 4) is 5.75 Å². The number of carbonyl (C=O) groups is 1. The number of hydrogen-bond donors (Lipinski definition) is 2. The SMILES string of the molecule is C[C@H](Oc1ccccc1)C(=O)Nc1ccc(S(=O)(=O)Nc2cccc(Cl)c2)cc1. The van der Waals surface area contributed by atoms with Crippen LogP contribution in [0.1, 0.15) is 6.92 Å². The highest BCUT2D eigenvalue weighted by Gasteiger charge is 2.17. The number of benzene rings is 3. The molecule has 6 nitrogen and oxygen atoms in total. The van der Waals surface area contributed by atoms with Gasteiger partial charge in [-0.3, -0.25) is 9.52 Å². The lowest BCUT2D eigenvalue weighted by molar-refractivity contribution is -0.122. The van der Waals surface area contributed by atoms with E-state index in [9.17, 15) is 13.2 Å². The number of ether oxygens (including phenoxy) is 1. The fourth-order valence-electron chi connectivity index (χ4n) is 2.48. The molecular formula is C21H19ClN2O4S. The Bertz CT molecular complexity index is 1090. The van der Waals surface area contributed by atoms with E-state index in [4.69, 9.17) is 16.3 Å². The van der Waals surface area contributed by atoms with E-state index in [1.807, 2.05) is 18.2 Å². The number of halogens is 1. The maximum Gasteiger partial charge on any atom is 0.265 e. The van der Waals surface area contributed by atoms with E-state index in [0.717, 1.165) is 0 Å². The van der Waals surface area contributed by atoms with Crippen molar-refractivity contribution in [1.29, 1.82) is 0 Å². The van der Waals surface area contributed by atoms with Gasteiger partial charge in [0.25, 0.3) is 15.9 Å². The zero-order chi connectivity index (χ0) is 20.9. The summed E-state index contributed by atoms with van der Waals surface area (Å²) < 4.78 is 33.0. The zero-order valence-electron chi connectivity index (χ0n) is 15.5. The van der Waals surface area contributed by atoms with E-state index in [-0.39, 0.29) is 10.8 Å². The first kappa shape index (κ1) is 20.7. The Morgan fingerprint density at radius 3 is 2.28 bits per heavy atom. The molecule has 0 bridgehead atoms. The lowest BCUT2D eigenvalue weighted by atomic mass is 10.3. The predicted molar refractivity (Wildman–Crippen MR) is 114 cm³/mol. The number of amides is 1. The van der Waals surface area contributed by atoms with Gasteiger partial charge in [-0.2, -0.15) is 0 Å². The highest BCUT2D eigenvalue weighted by Crippen LogP contribution is 2.21. The first-order valence-corrected chi connectivity index (χ1v) is 10.6. The average molecular weight is 431 g/mol. The molecule has 0 aliphatic carbocycles. The topological polar surface area (TPSA) is 84.5 Å². The molecule has 0 radical (unpaired) electrons. The average Bonchev–Trinajstić information content (AvgIpc) is 2.69. The van der Waals surface area contributed by atoms with Gasteiger partial charge in [-0.15, -0.1) is 0 Å². The lowest BCUT2D eigenvalue weighted by Gasteiger charge is -2.15. The molecule has 0 saturated carbocycles. The second-order valence-corrected chi connectivity index (χ2v) is 8.32. The van der Waals surface area contributed by atoms with Crippen molar-refractivity contribution in [1.82, 2.24) is 0 Å². The van der Waals surface area contributed by atoms with Crippen LogP contribution in [0.4, 0.5) is 11.4 Å². The molecule has 1 atom stereocenters. The molecule has 2 N–H and O–H groups in total. The van der Waals surface area contributed by atoms with Gasteiger partial charge >= 0.3 is 0 Å². The van der Waals surface area contributed by atoms with Crippen LogP contribution in [-0.4, -0.2) is 20.4 Å². The maximum atomic E-state index is 12.5. The summed E-state index contributed by atoms with van der Waals surface area (Å²) in [5.41, 5.74) is 0.821. The summed E-state index contributed by atoms with van der Waals surface area (Å²) in [7, 11) is -3.78. The summed E-state index contributed by atoms with van der Waals surface area (Å²) in [4.78, 5) is 12.4. The summed E-state index contributed by atoms with van der Waals surface area (Å²) in [6.07, 6.45) is -0.717. The van der Waals surface area contributed by atoms with Gasteiger partial charge in [0.15, 0.2) is 6.10 Å². The van der Waals surface area contributed by atoms with Gasteiger partial charge in [-0.05, 0) is 61.5 Å². The van der Waals surface area contributed by atoms with E-state index in [1.165, 1.54) is 30.3 Å². The first-order chi connectivity index (χ1) is 13.8. The molecule has 3 rings (SSSR count). The molecule has 150 valence electrons. The third-order valence-corrected chi connectivity index (χ3v) is 5.57. The standard InChI is InChI=1S/C21H19ClN2O4S/c1-15(28-19-8-3-2-4-9-19)21(25)23-17-10-12-20(13-11-17)29(26,27)24-18-7-5-6-16(22)14-18/h2-15,24H,1H3,(H,23,25)/t15-/m0/s1. The van der Waals surface area contributed by atoms with Gasteiger partial charge < -0.3 is 10.1 Å². The molecule has 3 aromatic rings. The molecule has 0 unspecified atom stereocenters. The first-order valence-electron chi connectivity index (χ1n) is 8.74. The number of nitrogens with one attached hydrogen (secondary N) is 2. The molecule has 0 aromatic heterocycles. The van der Waals surface area contributed by atoms with Gasteiger partial charge in [-0.1, -0.05) is 35.9 Å². The van der Waals surface area contributed by atoms with E-state index >= 15 is 0 Å². The molecule has 0 heterocycles. The number of rotatable bonds is 7. The van der Waals surface area contributed by atoms with Crippen LogP contribution in [0.3, 0.4) is 0 Å². The molecule has 0 fully saturated rings. The van der Waals surface area contributed by atoms with Crippen molar-refractivity contribution < 1.29 is 17.9 Å². The van der Waals surface area contributed by atoms with Crippen LogP contribution >= 0.6 is 11.6 Å². The predicted octanol–water partition coefficient (Wildman–Crippen LogP) is 4.55. The molecule has 1 amide bonds. The molecule has 0 aliphatic heterocycles. The molecule has 0 saturated heterocycles. The van der Waals surface area contributed by atoms with Crippen LogP contribution in [-0.2, 0) is 14.8 Å². The summed E-state index contributed by atoms with van der Waals surface area (Å²) >= 11 is 5.88. The Kier molecular flexibility index (Phi) is 6.41. The molecule has 0 spiro atoms. The number of para-hydroxylation sites is 1. The number of anilines is 2. The van der Waals surface area contributed by atoms with Crippen molar-refractivity contribution >= 4 is 38.9 Å². The fraction of sp³-hybridized carbons (Fsp3) is 0.0952. The minimum atomic E-state index is -3.78. The second-order valence-electron chi connectivity index (χ2n) is 6.20. The van der Waals surface area contributed by atoms with Gasteiger partial charge in [-0.25, -0.2) is 8.42 Å². The molecule has 3 aromatic carbocycles. The summed E-state index contributed by atoms with van der Waals surface area (Å²) in [6, 6.07) is 21.3. The van der Waals surface area contributed by atoms with Crippen molar-refractivity contribution in [2.45, 2.75) is 17.9 Å². The largest absolute Gasteiger partial charge is 0.481 e. The van der Waals surface area contributed by atoms with Crippen LogP contribution in [0, 0.1) is 0 Å². The molecule has 29 heavy (non-hydrogen) atoms. The minimum Gasteiger partial charge on any atom is -0.481 e. The minimum absolute atomic E-state index is 0.0593. The van der Waals surface area contributed by atoms with Gasteiger partial charge in [0.2, 0.25) is 0 Å². The Hall–Kier alpha value is -3.03. The highest BCUT2D eigenvalue weighted by atomic mass is 35.5. The van der Waals surface area contributed by atoms with E-state index in [1.54, 1.807) is 37.3 Å². The zero-order valence-corrected chi connectivity index (χ0v) is 17.1. The van der Waals surface area contributed by atoms with Crippen molar-refractivity contribution in [3.63, 3.8) is 0 Å². The summed E-state index contributed by atoms with van der Waals surface area (Å²) in [5.74, 6) is 0.241. The highest BCUT2D eigenvalue weighted by molar-refractivity contribution is 7.92. The number of carbonyl (C=O) groups excluding carboxylic acids is 1. The second kappa shape index (κ2) is 8.98. The number of hydrogen-bond acceptors (Lipinski definition) is 4. The molecule has 0 aliphatic rings. The van der Waals surface area contributed by atoms with E-state index in [2.05, 4.69) is 10.0 Å². The van der Waals surface area contributed by atoms with E-state index < -0.39 is 16.1 Å². The van der Waals surface area contributed by atoms with Gasteiger partial charge in [0.1, 0.15) is 5.75 Å². The quantitative estimate of drug-likeness (QED) is 0.576. The van der Waals surface area contributed by atoms with Gasteiger partial charge in [0.05, 0.1) is 10.6 Å². The fourth-order valence-corrected chi connectivity index (χ4v) is 3.72. The monoisotopic (exact) mass is 430 g/mol. The van der Waals surface area contributed by atoms with Crippen LogP contribution in [0.5, 0.6) is 5.75 Å². The smallest absolute Gasteiger partial charge is 0.265 e. The van der Waals surface area contributed by atoms with Crippen LogP contribution < -0.4 is 14.8 Å². The van der Waals surface area contributed by atoms with Crippen LogP contribution in [0.15, 0.2) is 83.8 Å². The van der Waals surface area contributed by atoms with Crippen molar-refractivity contribution in [2.75, 3.05) is 10.0 Å². The lowest BCUT2D eigenvalue weighted by Crippen LogP contribution is -2.30. The Morgan fingerprint density at radius 1 is 0.931 bits per heavy atom. The van der Waals surface area contributed by atoms with Gasteiger partial charge in [0, 0.05) is 10.7 Å².